The topological polar surface area (TPSA) is 74.8 Å². The lowest BCUT2D eigenvalue weighted by Crippen LogP contribution is -2.41. The molecule has 0 radical (unpaired) electrons. The molecule has 0 aromatic carbocycles. The average molecular weight is 367 g/mol. The number of hydrogen-bond acceptors (Lipinski definition) is 4. The molecule has 27 heavy (non-hydrogen) atoms. The second-order valence-electron chi connectivity index (χ2n) is 8.09. The summed E-state index contributed by atoms with van der Waals surface area (Å²) in [5.74, 6) is 2.19. The van der Waals surface area contributed by atoms with Gasteiger partial charge in [-0.05, 0) is 43.9 Å². The lowest BCUT2D eigenvalue weighted by molar-refractivity contribution is -0.134. The third kappa shape index (κ3) is 4.73. The molecule has 1 amide bonds. The van der Waals surface area contributed by atoms with E-state index in [9.17, 15) is 4.79 Å². The predicted octanol–water partition coefficient (Wildman–Crippen LogP) is 3.62. The summed E-state index contributed by atoms with van der Waals surface area (Å²) < 4.78 is 0. The number of aromatic nitrogens is 4. The minimum Gasteiger partial charge on any atom is -0.343 e. The SMILES string of the molecule is O=C(CC1CCCCC1)N1CCCC(Cc2cncc(-c3ncc[nH]3)n2)C1. The lowest BCUT2D eigenvalue weighted by atomic mass is 9.86. The van der Waals surface area contributed by atoms with Crippen molar-refractivity contribution in [3.8, 4) is 11.5 Å². The van der Waals surface area contributed by atoms with Crippen molar-refractivity contribution >= 4 is 5.91 Å². The summed E-state index contributed by atoms with van der Waals surface area (Å²) in [4.78, 5) is 31.2. The first-order chi connectivity index (χ1) is 13.3. The molecule has 1 aliphatic carbocycles. The largest absolute Gasteiger partial charge is 0.343 e. The Morgan fingerprint density at radius 1 is 1.11 bits per heavy atom. The normalized spacial score (nSPS) is 21.3. The smallest absolute Gasteiger partial charge is 0.222 e. The van der Waals surface area contributed by atoms with E-state index in [1.54, 1.807) is 18.6 Å². The lowest BCUT2D eigenvalue weighted by Gasteiger charge is -2.34. The Morgan fingerprint density at radius 3 is 2.78 bits per heavy atom. The Balaban J connectivity index is 1.34. The van der Waals surface area contributed by atoms with Crippen LogP contribution in [0, 0.1) is 11.8 Å². The van der Waals surface area contributed by atoms with Crippen molar-refractivity contribution in [2.24, 2.45) is 11.8 Å². The second-order valence-corrected chi connectivity index (χ2v) is 8.09. The molecule has 2 aliphatic rings. The molecule has 2 aromatic rings. The molecule has 1 atom stereocenters. The van der Waals surface area contributed by atoms with E-state index in [0.29, 0.717) is 17.7 Å². The molecule has 6 heteroatoms. The Bertz CT molecular complexity index is 739. The summed E-state index contributed by atoms with van der Waals surface area (Å²) in [7, 11) is 0. The number of piperidine rings is 1. The number of carbonyl (C=O) groups is 1. The van der Waals surface area contributed by atoms with Crippen LogP contribution in [0.25, 0.3) is 11.5 Å². The van der Waals surface area contributed by atoms with Gasteiger partial charge in [-0.25, -0.2) is 9.97 Å². The molecule has 1 N–H and O–H groups in total. The van der Waals surface area contributed by atoms with Crippen molar-refractivity contribution < 1.29 is 4.79 Å². The zero-order valence-corrected chi connectivity index (χ0v) is 15.9. The highest BCUT2D eigenvalue weighted by Gasteiger charge is 2.26. The number of likely N-dealkylation sites (tertiary alicyclic amines) is 1. The van der Waals surface area contributed by atoms with Crippen molar-refractivity contribution in [2.45, 2.75) is 57.8 Å². The molecule has 4 rings (SSSR count). The summed E-state index contributed by atoms with van der Waals surface area (Å²) in [5.41, 5.74) is 1.76. The summed E-state index contributed by atoms with van der Waals surface area (Å²) in [6, 6.07) is 0. The molecule has 1 saturated heterocycles. The molecule has 144 valence electrons. The van der Waals surface area contributed by atoms with Gasteiger partial charge in [-0.3, -0.25) is 9.78 Å². The molecule has 1 saturated carbocycles. The molecule has 3 heterocycles. The quantitative estimate of drug-likeness (QED) is 0.876. The van der Waals surface area contributed by atoms with Gasteiger partial charge in [0.2, 0.25) is 5.91 Å². The number of nitrogens with zero attached hydrogens (tertiary/aromatic N) is 4. The van der Waals surface area contributed by atoms with Crippen molar-refractivity contribution in [2.75, 3.05) is 13.1 Å². The van der Waals surface area contributed by atoms with E-state index in [-0.39, 0.29) is 0 Å². The van der Waals surface area contributed by atoms with E-state index in [2.05, 4.69) is 19.9 Å². The van der Waals surface area contributed by atoms with E-state index in [1.807, 2.05) is 6.20 Å². The molecule has 1 unspecified atom stereocenters. The molecule has 0 spiro atoms. The second kappa shape index (κ2) is 8.63. The maximum atomic E-state index is 12.8. The van der Waals surface area contributed by atoms with Gasteiger partial charge in [0.15, 0.2) is 5.82 Å². The highest BCUT2D eigenvalue weighted by Crippen LogP contribution is 2.28. The third-order valence-corrected chi connectivity index (χ3v) is 5.98. The maximum absolute atomic E-state index is 12.8. The number of nitrogens with one attached hydrogen (secondary N) is 1. The highest BCUT2D eigenvalue weighted by molar-refractivity contribution is 5.76. The molecule has 1 aliphatic heterocycles. The van der Waals surface area contributed by atoms with Crippen LogP contribution in [0.15, 0.2) is 24.8 Å². The van der Waals surface area contributed by atoms with Crippen LogP contribution in [-0.2, 0) is 11.2 Å². The molecule has 2 aromatic heterocycles. The summed E-state index contributed by atoms with van der Waals surface area (Å²) in [6.45, 7) is 1.78. The molecule has 2 fully saturated rings. The Morgan fingerprint density at radius 2 is 1.96 bits per heavy atom. The zero-order chi connectivity index (χ0) is 18.5. The van der Waals surface area contributed by atoms with Gasteiger partial charge < -0.3 is 9.88 Å². The predicted molar refractivity (Wildman–Crippen MR) is 104 cm³/mol. The van der Waals surface area contributed by atoms with Crippen LogP contribution in [0.5, 0.6) is 0 Å². The fourth-order valence-corrected chi connectivity index (χ4v) is 4.55. The van der Waals surface area contributed by atoms with Crippen molar-refractivity contribution in [1.82, 2.24) is 24.8 Å². The Hall–Kier alpha value is -2.24. The molecular weight excluding hydrogens is 338 g/mol. The number of amides is 1. The van der Waals surface area contributed by atoms with Crippen LogP contribution in [0.2, 0.25) is 0 Å². The van der Waals surface area contributed by atoms with Crippen LogP contribution in [0.4, 0.5) is 0 Å². The monoisotopic (exact) mass is 367 g/mol. The van der Waals surface area contributed by atoms with Crippen molar-refractivity contribution in [1.29, 1.82) is 0 Å². The minimum atomic E-state index is 0.363. The number of imidazole rings is 1. The third-order valence-electron chi connectivity index (χ3n) is 5.98. The summed E-state index contributed by atoms with van der Waals surface area (Å²) >= 11 is 0. The van der Waals surface area contributed by atoms with Gasteiger partial charge in [-0.1, -0.05) is 19.3 Å². The van der Waals surface area contributed by atoms with Gasteiger partial charge in [-0.15, -0.1) is 0 Å². The van der Waals surface area contributed by atoms with Gasteiger partial charge in [-0.2, -0.15) is 0 Å². The molecule has 6 nitrogen and oxygen atoms in total. The van der Waals surface area contributed by atoms with Crippen LogP contribution < -0.4 is 0 Å². The Labute approximate surface area is 160 Å². The minimum absolute atomic E-state index is 0.363. The number of hydrogen-bond donors (Lipinski definition) is 1. The maximum Gasteiger partial charge on any atom is 0.222 e. The van der Waals surface area contributed by atoms with E-state index < -0.39 is 0 Å². The first kappa shape index (κ1) is 18.1. The van der Waals surface area contributed by atoms with Gasteiger partial charge in [0.25, 0.3) is 0 Å². The van der Waals surface area contributed by atoms with Crippen LogP contribution in [0.1, 0.15) is 57.1 Å². The van der Waals surface area contributed by atoms with E-state index in [0.717, 1.165) is 56.0 Å². The number of rotatable bonds is 5. The number of aromatic amines is 1. The zero-order valence-electron chi connectivity index (χ0n) is 15.9. The fraction of sp³-hybridized carbons (Fsp3) is 0.619. The summed E-state index contributed by atoms with van der Waals surface area (Å²) in [6.07, 6.45) is 17.4. The molecular formula is C21H29N5O. The van der Waals surface area contributed by atoms with Crippen LogP contribution in [-0.4, -0.2) is 43.8 Å². The van der Waals surface area contributed by atoms with Gasteiger partial charge in [0.1, 0.15) is 5.69 Å². The van der Waals surface area contributed by atoms with Gasteiger partial charge in [0, 0.05) is 38.1 Å². The van der Waals surface area contributed by atoms with Crippen LogP contribution in [0.3, 0.4) is 0 Å². The number of carbonyl (C=O) groups excluding carboxylic acids is 1. The fourth-order valence-electron chi connectivity index (χ4n) is 4.55. The van der Waals surface area contributed by atoms with Crippen molar-refractivity contribution in [3.63, 3.8) is 0 Å². The van der Waals surface area contributed by atoms with E-state index >= 15 is 0 Å². The highest BCUT2D eigenvalue weighted by atomic mass is 16.2. The van der Waals surface area contributed by atoms with E-state index in [4.69, 9.17) is 4.98 Å². The molecule has 0 bridgehead atoms. The van der Waals surface area contributed by atoms with E-state index in [1.165, 1.54) is 32.1 Å². The number of H-pyrrole nitrogens is 1. The van der Waals surface area contributed by atoms with Crippen molar-refractivity contribution in [3.05, 3.63) is 30.5 Å². The first-order valence-electron chi connectivity index (χ1n) is 10.4. The van der Waals surface area contributed by atoms with Crippen LogP contribution >= 0.6 is 0 Å². The van der Waals surface area contributed by atoms with Gasteiger partial charge >= 0.3 is 0 Å². The summed E-state index contributed by atoms with van der Waals surface area (Å²) in [5, 5.41) is 0. The van der Waals surface area contributed by atoms with Gasteiger partial charge in [0.05, 0.1) is 11.9 Å². The standard InChI is InChI=1S/C21H29N5O/c27-20(12-16-5-2-1-3-6-16)26-10-4-7-17(15-26)11-18-13-22-14-19(25-18)21-23-8-9-24-21/h8-9,13-14,16-17H,1-7,10-12,15H2,(H,23,24). The first-order valence-corrected chi connectivity index (χ1v) is 10.4. The average Bonchev–Trinajstić information content (AvgIpc) is 3.24. The Kier molecular flexibility index (Phi) is 5.80.